The van der Waals surface area contributed by atoms with Crippen molar-refractivity contribution in [3.63, 3.8) is 0 Å². The van der Waals surface area contributed by atoms with E-state index in [1.165, 1.54) is 26.4 Å². The van der Waals surface area contributed by atoms with Gasteiger partial charge in [-0.1, -0.05) is 29.8 Å². The van der Waals surface area contributed by atoms with Crippen LogP contribution in [0.5, 0.6) is 17.2 Å². The monoisotopic (exact) mass is 498 g/mol. The van der Waals surface area contributed by atoms with Crippen molar-refractivity contribution in [1.29, 1.82) is 0 Å². The highest BCUT2D eigenvalue weighted by Crippen LogP contribution is 2.32. The number of amides is 1. The van der Waals surface area contributed by atoms with Crippen LogP contribution in [0.15, 0.2) is 71.6 Å². The molecular weight excluding hydrogens is 468 g/mol. The van der Waals surface area contributed by atoms with Crippen molar-refractivity contribution in [2.45, 2.75) is 18.7 Å². The third-order valence-electron chi connectivity index (χ3n) is 5.30. The van der Waals surface area contributed by atoms with Crippen LogP contribution in [0, 0.1) is 13.8 Å². The van der Waals surface area contributed by atoms with Gasteiger partial charge in [-0.05, 0) is 61.9 Å². The van der Waals surface area contributed by atoms with Crippen LogP contribution in [-0.4, -0.2) is 48.2 Å². The highest BCUT2D eigenvalue weighted by Gasteiger charge is 2.29. The van der Waals surface area contributed by atoms with Gasteiger partial charge in [0.15, 0.2) is 0 Å². The molecule has 3 aromatic rings. The third-order valence-corrected chi connectivity index (χ3v) is 7.07. The van der Waals surface area contributed by atoms with Crippen molar-refractivity contribution in [2.24, 2.45) is 0 Å². The van der Waals surface area contributed by atoms with E-state index in [0.29, 0.717) is 11.5 Å². The summed E-state index contributed by atoms with van der Waals surface area (Å²) in [5.74, 6) is 1.12. The molecule has 0 radical (unpaired) electrons. The Morgan fingerprint density at radius 3 is 2.29 bits per heavy atom. The Labute approximate surface area is 206 Å². The molecule has 0 spiro atoms. The Balaban J connectivity index is 1.75. The van der Waals surface area contributed by atoms with Crippen LogP contribution >= 0.6 is 0 Å². The van der Waals surface area contributed by atoms with Gasteiger partial charge in [0, 0.05) is 0 Å². The van der Waals surface area contributed by atoms with Crippen molar-refractivity contribution in [1.82, 2.24) is 5.32 Å². The van der Waals surface area contributed by atoms with E-state index in [0.717, 1.165) is 21.2 Å². The van der Waals surface area contributed by atoms with Gasteiger partial charge in [0.25, 0.3) is 10.0 Å². The van der Waals surface area contributed by atoms with Gasteiger partial charge in [-0.2, -0.15) is 0 Å². The first-order valence-electron chi connectivity index (χ1n) is 11.0. The number of sulfonamides is 1. The summed E-state index contributed by atoms with van der Waals surface area (Å²) in [7, 11) is -1.14. The lowest BCUT2D eigenvalue weighted by Crippen LogP contribution is -2.42. The van der Waals surface area contributed by atoms with Gasteiger partial charge in [0.05, 0.1) is 31.3 Å². The topological polar surface area (TPSA) is 94.2 Å². The summed E-state index contributed by atoms with van der Waals surface area (Å²) in [6.07, 6.45) is 0. The van der Waals surface area contributed by atoms with E-state index in [4.69, 9.17) is 14.2 Å². The zero-order valence-corrected chi connectivity index (χ0v) is 21.1. The van der Waals surface area contributed by atoms with Crippen molar-refractivity contribution in [3.8, 4) is 17.2 Å². The molecule has 1 amide bonds. The second-order valence-corrected chi connectivity index (χ2v) is 9.69. The van der Waals surface area contributed by atoms with Crippen LogP contribution in [-0.2, 0) is 14.8 Å². The fraction of sp³-hybridized carbons (Fsp3) is 0.269. The van der Waals surface area contributed by atoms with E-state index in [1.54, 1.807) is 36.4 Å². The summed E-state index contributed by atoms with van der Waals surface area (Å²) in [4.78, 5) is 12.8. The smallest absolute Gasteiger partial charge is 0.264 e. The van der Waals surface area contributed by atoms with Gasteiger partial charge in [-0.3, -0.25) is 9.10 Å². The number of nitrogens with one attached hydrogen (secondary N) is 1. The van der Waals surface area contributed by atoms with E-state index >= 15 is 0 Å². The average molecular weight is 499 g/mol. The number of ether oxygens (including phenoxy) is 3. The maximum atomic E-state index is 13.5. The minimum Gasteiger partial charge on any atom is -0.497 e. The fourth-order valence-corrected chi connectivity index (χ4v) is 4.94. The lowest BCUT2D eigenvalue weighted by Gasteiger charge is -2.25. The number of hydrogen-bond donors (Lipinski definition) is 1. The summed E-state index contributed by atoms with van der Waals surface area (Å²) in [6, 6.07) is 18.5. The number of anilines is 1. The number of carbonyl (C=O) groups is 1. The molecule has 8 nitrogen and oxygen atoms in total. The predicted molar refractivity (Wildman–Crippen MR) is 135 cm³/mol. The Hall–Kier alpha value is -3.72. The molecule has 0 unspecified atom stereocenters. The van der Waals surface area contributed by atoms with Gasteiger partial charge in [0.2, 0.25) is 5.91 Å². The van der Waals surface area contributed by atoms with Crippen molar-refractivity contribution in [3.05, 3.63) is 77.9 Å². The predicted octanol–water partition coefficient (Wildman–Crippen LogP) is 3.71. The van der Waals surface area contributed by atoms with Crippen LogP contribution in [0.2, 0.25) is 0 Å². The highest BCUT2D eigenvalue weighted by atomic mass is 32.2. The van der Waals surface area contributed by atoms with Crippen LogP contribution < -0.4 is 23.8 Å². The number of rotatable bonds is 11. The van der Waals surface area contributed by atoms with E-state index < -0.39 is 22.5 Å². The van der Waals surface area contributed by atoms with E-state index in [1.807, 2.05) is 32.0 Å². The molecule has 0 aromatic heterocycles. The Bertz CT molecular complexity index is 1260. The molecule has 0 fully saturated rings. The van der Waals surface area contributed by atoms with Gasteiger partial charge in [0.1, 0.15) is 30.4 Å². The summed E-state index contributed by atoms with van der Waals surface area (Å²) in [5.41, 5.74) is 2.40. The van der Waals surface area contributed by atoms with E-state index in [-0.39, 0.29) is 23.7 Å². The molecular formula is C26H30N2O6S. The standard InChI is InChI=1S/C26H30N2O6S/c1-19-9-14-24(20(2)17-19)34-16-15-27-26(29)18-28(23-7-5-6-8-25(23)33-4)35(30,31)22-12-10-21(32-3)11-13-22/h5-14,17H,15-16,18H2,1-4H3,(H,27,29). The molecule has 3 rings (SSSR count). The molecule has 35 heavy (non-hydrogen) atoms. The van der Waals surface area contributed by atoms with Gasteiger partial charge >= 0.3 is 0 Å². The van der Waals surface area contributed by atoms with E-state index in [9.17, 15) is 13.2 Å². The maximum absolute atomic E-state index is 13.5. The van der Waals surface area contributed by atoms with Gasteiger partial charge in [-0.15, -0.1) is 0 Å². The number of benzene rings is 3. The zero-order valence-electron chi connectivity index (χ0n) is 20.3. The van der Waals surface area contributed by atoms with Crippen molar-refractivity contribution < 1.29 is 27.4 Å². The number of hydrogen-bond acceptors (Lipinski definition) is 6. The normalized spacial score (nSPS) is 11.0. The van der Waals surface area contributed by atoms with Crippen LogP contribution in [0.1, 0.15) is 11.1 Å². The molecule has 0 aliphatic rings. The summed E-state index contributed by atoms with van der Waals surface area (Å²) in [5, 5.41) is 2.73. The molecule has 0 bridgehead atoms. The highest BCUT2D eigenvalue weighted by molar-refractivity contribution is 7.92. The number of nitrogens with zero attached hydrogens (tertiary/aromatic N) is 1. The minimum atomic E-state index is -4.08. The first-order chi connectivity index (χ1) is 16.8. The second-order valence-electron chi connectivity index (χ2n) is 7.83. The van der Waals surface area contributed by atoms with Crippen LogP contribution in [0.4, 0.5) is 5.69 Å². The SMILES string of the molecule is COc1ccc(S(=O)(=O)N(CC(=O)NCCOc2ccc(C)cc2C)c2ccccc2OC)cc1. The molecule has 0 aliphatic carbocycles. The van der Waals surface area contributed by atoms with Crippen LogP contribution in [0.3, 0.4) is 0 Å². The summed E-state index contributed by atoms with van der Waals surface area (Å²) in [6.45, 7) is 3.99. The number of para-hydroxylation sites is 2. The number of carbonyl (C=O) groups excluding carboxylic acids is 1. The minimum absolute atomic E-state index is 0.0233. The fourth-order valence-electron chi connectivity index (χ4n) is 3.51. The summed E-state index contributed by atoms with van der Waals surface area (Å²) < 4.78 is 44.4. The quantitative estimate of drug-likeness (QED) is 0.405. The largest absolute Gasteiger partial charge is 0.497 e. The molecule has 0 atom stereocenters. The molecule has 186 valence electrons. The number of methoxy groups -OCH3 is 2. The second kappa shape index (κ2) is 11.6. The Morgan fingerprint density at radius 2 is 1.63 bits per heavy atom. The lowest BCUT2D eigenvalue weighted by atomic mass is 10.1. The Morgan fingerprint density at radius 1 is 0.914 bits per heavy atom. The zero-order chi connectivity index (χ0) is 25.4. The van der Waals surface area contributed by atoms with Crippen molar-refractivity contribution >= 4 is 21.6 Å². The number of aryl methyl sites for hydroxylation is 2. The average Bonchev–Trinajstić information content (AvgIpc) is 2.86. The molecule has 0 saturated heterocycles. The van der Waals surface area contributed by atoms with Gasteiger partial charge in [-0.25, -0.2) is 8.42 Å². The molecule has 0 aliphatic heterocycles. The molecule has 9 heteroatoms. The first kappa shape index (κ1) is 25.9. The van der Waals surface area contributed by atoms with Crippen molar-refractivity contribution in [2.75, 3.05) is 38.2 Å². The van der Waals surface area contributed by atoms with Gasteiger partial charge < -0.3 is 19.5 Å². The van der Waals surface area contributed by atoms with Crippen LogP contribution in [0.25, 0.3) is 0 Å². The molecule has 1 N–H and O–H groups in total. The first-order valence-corrected chi connectivity index (χ1v) is 12.5. The molecule has 0 heterocycles. The third kappa shape index (κ3) is 6.45. The Kier molecular flexibility index (Phi) is 8.59. The van der Waals surface area contributed by atoms with E-state index in [2.05, 4.69) is 5.32 Å². The molecule has 0 saturated carbocycles. The maximum Gasteiger partial charge on any atom is 0.264 e. The lowest BCUT2D eigenvalue weighted by molar-refractivity contribution is -0.119. The summed E-state index contributed by atoms with van der Waals surface area (Å²) >= 11 is 0. The molecule has 3 aromatic carbocycles.